The molecule has 6 heteroatoms. The number of rotatable bonds is 4. The number of carbonyl (C=O) groups excluding carboxylic acids is 2. The highest BCUT2D eigenvalue weighted by molar-refractivity contribution is 6.13. The number of benzene rings is 3. The number of pyridine rings is 1. The molecule has 0 unspecified atom stereocenters. The lowest BCUT2D eigenvalue weighted by atomic mass is 10.0. The summed E-state index contributed by atoms with van der Waals surface area (Å²) >= 11 is 0. The molecule has 158 valence electrons. The first-order valence-electron chi connectivity index (χ1n) is 10.3. The smallest absolute Gasteiger partial charge is 0.256 e. The Morgan fingerprint density at radius 2 is 1.69 bits per heavy atom. The Kier molecular flexibility index (Phi) is 5.03. The molecular weight excluding hydrogens is 404 g/mol. The number of nitrogens with zero attached hydrogens (tertiary/aromatic N) is 1. The number of Topliss-reactive ketones (excluding diaryl/α,β-unsaturated/α-hetero) is 1. The fourth-order valence-electron chi connectivity index (χ4n) is 3.73. The molecule has 0 atom stereocenters. The van der Waals surface area contributed by atoms with Crippen molar-refractivity contribution in [3.63, 3.8) is 0 Å². The van der Waals surface area contributed by atoms with E-state index in [9.17, 15) is 9.59 Å². The zero-order valence-electron chi connectivity index (χ0n) is 17.4. The fraction of sp³-hybridized carbons (Fsp3) is 0.115. The van der Waals surface area contributed by atoms with E-state index in [0.717, 1.165) is 10.9 Å². The minimum atomic E-state index is -0.275. The first-order valence-corrected chi connectivity index (χ1v) is 10.3. The van der Waals surface area contributed by atoms with Crippen molar-refractivity contribution < 1.29 is 19.1 Å². The SMILES string of the molecule is CC(=O)c1cccc(NC(=O)c2cc(-c3ccc4c(c3)OCCO4)nc3ccccc23)c1. The van der Waals surface area contributed by atoms with E-state index in [1.165, 1.54) is 6.92 Å². The Morgan fingerprint density at radius 1 is 0.875 bits per heavy atom. The number of ketones is 1. The van der Waals surface area contributed by atoms with Gasteiger partial charge in [-0.05, 0) is 49.4 Å². The highest BCUT2D eigenvalue weighted by Crippen LogP contribution is 2.35. The quantitative estimate of drug-likeness (QED) is 0.460. The lowest BCUT2D eigenvalue weighted by molar-refractivity contribution is 0.101. The van der Waals surface area contributed by atoms with E-state index in [2.05, 4.69) is 5.32 Å². The lowest BCUT2D eigenvalue weighted by Crippen LogP contribution is -2.15. The van der Waals surface area contributed by atoms with Crippen LogP contribution in [0.3, 0.4) is 0 Å². The first kappa shape index (κ1) is 19.8. The Bertz CT molecular complexity index is 1360. The third kappa shape index (κ3) is 3.78. The molecule has 0 fully saturated rings. The Morgan fingerprint density at radius 3 is 2.53 bits per heavy atom. The molecule has 0 aliphatic carbocycles. The monoisotopic (exact) mass is 424 g/mol. The summed E-state index contributed by atoms with van der Waals surface area (Å²) < 4.78 is 11.3. The molecule has 0 saturated heterocycles. The number of ether oxygens (including phenoxy) is 2. The summed E-state index contributed by atoms with van der Waals surface area (Å²) in [5, 5.41) is 3.66. The van der Waals surface area contributed by atoms with Gasteiger partial charge in [-0.15, -0.1) is 0 Å². The summed E-state index contributed by atoms with van der Waals surface area (Å²) in [4.78, 5) is 29.7. The van der Waals surface area contributed by atoms with Gasteiger partial charge in [-0.1, -0.05) is 30.3 Å². The van der Waals surface area contributed by atoms with Crippen LogP contribution >= 0.6 is 0 Å². The third-order valence-electron chi connectivity index (χ3n) is 5.33. The predicted molar refractivity (Wildman–Crippen MR) is 123 cm³/mol. The van der Waals surface area contributed by atoms with Crippen molar-refractivity contribution in [2.75, 3.05) is 18.5 Å². The van der Waals surface area contributed by atoms with Crippen molar-refractivity contribution in [1.82, 2.24) is 4.98 Å². The van der Waals surface area contributed by atoms with Gasteiger partial charge in [0.2, 0.25) is 0 Å². The molecule has 5 rings (SSSR count). The van der Waals surface area contributed by atoms with Gasteiger partial charge in [-0.2, -0.15) is 0 Å². The molecule has 1 aromatic heterocycles. The van der Waals surface area contributed by atoms with Crippen LogP contribution in [0.15, 0.2) is 72.8 Å². The van der Waals surface area contributed by atoms with E-state index in [4.69, 9.17) is 14.5 Å². The molecule has 6 nitrogen and oxygen atoms in total. The van der Waals surface area contributed by atoms with Crippen molar-refractivity contribution in [3.8, 4) is 22.8 Å². The molecule has 0 saturated carbocycles. The molecule has 0 bridgehead atoms. The summed E-state index contributed by atoms with van der Waals surface area (Å²) in [6.45, 7) is 2.52. The average molecular weight is 424 g/mol. The van der Waals surface area contributed by atoms with Crippen LogP contribution in [0.4, 0.5) is 5.69 Å². The Labute approximate surface area is 184 Å². The van der Waals surface area contributed by atoms with Crippen molar-refractivity contribution in [2.45, 2.75) is 6.92 Å². The van der Waals surface area contributed by atoms with Crippen LogP contribution in [-0.2, 0) is 0 Å². The molecule has 4 aromatic rings. The second kappa shape index (κ2) is 8.15. The molecule has 0 radical (unpaired) electrons. The Balaban J connectivity index is 1.56. The number of carbonyl (C=O) groups is 2. The maximum absolute atomic E-state index is 13.3. The second-order valence-corrected chi connectivity index (χ2v) is 7.52. The number of nitrogens with one attached hydrogen (secondary N) is 1. The maximum Gasteiger partial charge on any atom is 0.256 e. The molecule has 2 heterocycles. The van der Waals surface area contributed by atoms with Crippen molar-refractivity contribution >= 4 is 28.3 Å². The van der Waals surface area contributed by atoms with Gasteiger partial charge in [0.25, 0.3) is 5.91 Å². The normalized spacial score (nSPS) is 12.4. The van der Waals surface area contributed by atoms with E-state index < -0.39 is 0 Å². The zero-order chi connectivity index (χ0) is 22.1. The summed E-state index contributed by atoms with van der Waals surface area (Å²) in [5.74, 6) is 1.03. The first-order chi connectivity index (χ1) is 15.6. The van der Waals surface area contributed by atoms with E-state index in [-0.39, 0.29) is 11.7 Å². The Hall–Kier alpha value is -4.19. The number of amides is 1. The van der Waals surface area contributed by atoms with Gasteiger partial charge in [0.1, 0.15) is 13.2 Å². The summed E-state index contributed by atoms with van der Waals surface area (Å²) in [5.41, 5.74) is 3.79. The fourth-order valence-corrected chi connectivity index (χ4v) is 3.73. The number of fused-ring (bicyclic) bond motifs is 2. The molecule has 1 aliphatic heterocycles. The van der Waals surface area contributed by atoms with Crippen LogP contribution < -0.4 is 14.8 Å². The van der Waals surface area contributed by atoms with Gasteiger partial charge in [-0.25, -0.2) is 4.98 Å². The highest BCUT2D eigenvalue weighted by Gasteiger charge is 2.17. The molecule has 1 N–H and O–H groups in total. The molecule has 3 aromatic carbocycles. The van der Waals surface area contributed by atoms with Gasteiger partial charge in [0.05, 0.1) is 16.8 Å². The average Bonchev–Trinajstić information content (AvgIpc) is 2.83. The molecule has 1 amide bonds. The van der Waals surface area contributed by atoms with Gasteiger partial charge in [-0.3, -0.25) is 9.59 Å². The van der Waals surface area contributed by atoms with E-state index in [1.54, 1.807) is 30.3 Å². The van der Waals surface area contributed by atoms with Crippen molar-refractivity contribution in [3.05, 3.63) is 83.9 Å². The van der Waals surface area contributed by atoms with E-state index >= 15 is 0 Å². The minimum Gasteiger partial charge on any atom is -0.486 e. The van der Waals surface area contributed by atoms with Gasteiger partial charge >= 0.3 is 0 Å². The molecule has 1 aliphatic rings. The number of para-hydroxylation sites is 1. The van der Waals surface area contributed by atoms with Crippen molar-refractivity contribution in [1.29, 1.82) is 0 Å². The second-order valence-electron chi connectivity index (χ2n) is 7.52. The lowest BCUT2D eigenvalue weighted by Gasteiger charge is -2.19. The number of hydrogen-bond donors (Lipinski definition) is 1. The van der Waals surface area contributed by atoms with Crippen LogP contribution in [0, 0.1) is 0 Å². The van der Waals surface area contributed by atoms with E-state index in [0.29, 0.717) is 52.7 Å². The standard InChI is InChI=1S/C26H20N2O4/c1-16(29)17-5-4-6-19(13-17)27-26(30)21-15-23(28-22-8-3-2-7-20(21)22)18-9-10-24-25(14-18)32-12-11-31-24/h2-10,13-15H,11-12H2,1H3,(H,27,30). The van der Waals surface area contributed by atoms with Crippen LogP contribution in [0.5, 0.6) is 11.5 Å². The molecular formula is C26H20N2O4. The van der Waals surface area contributed by atoms with Gasteiger partial charge in [0, 0.05) is 22.2 Å². The zero-order valence-corrected chi connectivity index (χ0v) is 17.4. The highest BCUT2D eigenvalue weighted by atomic mass is 16.6. The van der Waals surface area contributed by atoms with Crippen LogP contribution in [-0.4, -0.2) is 29.9 Å². The van der Waals surface area contributed by atoms with Crippen LogP contribution in [0.2, 0.25) is 0 Å². The third-order valence-corrected chi connectivity index (χ3v) is 5.33. The number of hydrogen-bond acceptors (Lipinski definition) is 5. The van der Waals surface area contributed by atoms with Gasteiger partial charge < -0.3 is 14.8 Å². The topological polar surface area (TPSA) is 77.5 Å². The maximum atomic E-state index is 13.3. The van der Waals surface area contributed by atoms with Gasteiger partial charge in [0.15, 0.2) is 17.3 Å². The van der Waals surface area contributed by atoms with Crippen LogP contribution in [0.25, 0.3) is 22.2 Å². The predicted octanol–water partition coefficient (Wildman–Crippen LogP) is 5.13. The molecule has 32 heavy (non-hydrogen) atoms. The minimum absolute atomic E-state index is 0.0589. The molecule has 0 spiro atoms. The largest absolute Gasteiger partial charge is 0.486 e. The summed E-state index contributed by atoms with van der Waals surface area (Å²) in [6.07, 6.45) is 0. The van der Waals surface area contributed by atoms with E-state index in [1.807, 2.05) is 42.5 Å². The number of aromatic nitrogens is 1. The summed E-state index contributed by atoms with van der Waals surface area (Å²) in [6, 6.07) is 21.8. The summed E-state index contributed by atoms with van der Waals surface area (Å²) in [7, 11) is 0. The number of anilines is 1. The van der Waals surface area contributed by atoms with Crippen LogP contribution in [0.1, 0.15) is 27.6 Å². The van der Waals surface area contributed by atoms with Crippen molar-refractivity contribution in [2.24, 2.45) is 0 Å².